The molecule has 1 aromatic carbocycles. The van der Waals surface area contributed by atoms with Gasteiger partial charge in [-0.15, -0.1) is 0 Å². The van der Waals surface area contributed by atoms with Gasteiger partial charge in [0, 0.05) is 37.3 Å². The molecule has 1 N–H and O–H groups in total. The molecule has 182 valence electrons. The van der Waals surface area contributed by atoms with E-state index in [1.165, 1.54) is 0 Å². The Morgan fingerprint density at radius 3 is 2.71 bits per heavy atom. The number of anilines is 1. The molecule has 2 aliphatic rings. The lowest BCUT2D eigenvalue weighted by Crippen LogP contribution is -2.29. The minimum Gasteiger partial charge on any atom is -0.481 e. The summed E-state index contributed by atoms with van der Waals surface area (Å²) in [7, 11) is 1.58. The largest absolute Gasteiger partial charge is 0.481 e. The fourth-order valence-corrected chi connectivity index (χ4v) is 5.15. The van der Waals surface area contributed by atoms with Gasteiger partial charge in [0.1, 0.15) is 11.3 Å². The Morgan fingerprint density at radius 1 is 1.14 bits per heavy atom. The molecular weight excluding hydrogens is 446 g/mol. The Bertz CT molecular complexity index is 1500. The van der Waals surface area contributed by atoms with E-state index in [9.17, 15) is 9.59 Å². The third-order valence-corrected chi connectivity index (χ3v) is 6.96. The standard InChI is InChI=1S/C25H25N5O4.CH4/c1-14-9-19-18(28-24(31)21-13-27-23(30(19)21)15-4-7-34-8-5-15)11-17(14)25(32)29-6-3-16-10-22(33-2)26-12-20(16)29;/h9-13,15H,3-8H2,1-2H3,(H,28,31);1H4. The molecule has 0 atom stereocenters. The number of hydrogen-bond acceptors (Lipinski definition) is 6. The molecule has 4 aromatic rings. The zero-order chi connectivity index (χ0) is 23.4. The van der Waals surface area contributed by atoms with E-state index >= 15 is 0 Å². The first-order valence-corrected chi connectivity index (χ1v) is 11.5. The summed E-state index contributed by atoms with van der Waals surface area (Å²) in [5.41, 5.74) is 4.98. The number of benzene rings is 1. The number of aromatic nitrogens is 4. The Labute approximate surface area is 202 Å². The van der Waals surface area contributed by atoms with Gasteiger partial charge in [-0.05, 0) is 49.4 Å². The molecule has 1 saturated heterocycles. The molecule has 3 aromatic heterocycles. The molecule has 0 unspecified atom stereocenters. The van der Waals surface area contributed by atoms with Gasteiger partial charge >= 0.3 is 0 Å². The molecule has 0 spiro atoms. The number of H-pyrrole nitrogens is 1. The molecule has 9 heteroatoms. The normalized spacial score (nSPS) is 15.9. The van der Waals surface area contributed by atoms with Crippen LogP contribution in [0.15, 0.2) is 35.4 Å². The number of carbonyl (C=O) groups is 1. The van der Waals surface area contributed by atoms with Crippen LogP contribution in [0, 0.1) is 6.92 Å². The molecule has 35 heavy (non-hydrogen) atoms. The van der Waals surface area contributed by atoms with Crippen molar-refractivity contribution in [3.05, 3.63) is 63.5 Å². The smallest absolute Gasteiger partial charge is 0.274 e. The van der Waals surface area contributed by atoms with Crippen molar-refractivity contribution in [1.82, 2.24) is 19.4 Å². The molecule has 0 aliphatic carbocycles. The number of rotatable bonds is 3. The third-order valence-electron chi connectivity index (χ3n) is 6.96. The zero-order valence-electron chi connectivity index (χ0n) is 19.1. The van der Waals surface area contributed by atoms with Crippen LogP contribution in [0.2, 0.25) is 0 Å². The van der Waals surface area contributed by atoms with E-state index in [1.807, 2.05) is 23.5 Å². The number of aromatic amines is 1. The van der Waals surface area contributed by atoms with E-state index < -0.39 is 0 Å². The second kappa shape index (κ2) is 8.81. The molecule has 9 nitrogen and oxygen atoms in total. The molecule has 0 radical (unpaired) electrons. The number of ether oxygens (including phenoxy) is 2. The Kier molecular flexibility index (Phi) is 5.80. The van der Waals surface area contributed by atoms with Crippen molar-refractivity contribution in [1.29, 1.82) is 0 Å². The maximum absolute atomic E-state index is 13.6. The van der Waals surface area contributed by atoms with Crippen molar-refractivity contribution in [2.45, 2.75) is 39.5 Å². The van der Waals surface area contributed by atoms with Crippen molar-refractivity contribution in [3.63, 3.8) is 0 Å². The van der Waals surface area contributed by atoms with Crippen LogP contribution in [0.1, 0.15) is 53.5 Å². The Balaban J connectivity index is 0.00000253. The van der Waals surface area contributed by atoms with E-state index in [4.69, 9.17) is 9.47 Å². The first kappa shape index (κ1) is 23.0. The summed E-state index contributed by atoms with van der Waals surface area (Å²) in [6.45, 7) is 3.89. The number of amides is 1. The van der Waals surface area contributed by atoms with Crippen LogP contribution in [0.3, 0.4) is 0 Å². The van der Waals surface area contributed by atoms with E-state index in [-0.39, 0.29) is 24.8 Å². The van der Waals surface area contributed by atoms with Crippen LogP contribution in [0.4, 0.5) is 5.69 Å². The Hall–Kier alpha value is -3.72. The molecular formula is C26H29N5O4. The van der Waals surface area contributed by atoms with Crippen molar-refractivity contribution >= 4 is 28.1 Å². The summed E-state index contributed by atoms with van der Waals surface area (Å²) in [6, 6.07) is 5.64. The molecule has 0 bridgehead atoms. The van der Waals surface area contributed by atoms with E-state index in [2.05, 4.69) is 15.0 Å². The van der Waals surface area contributed by atoms with Crippen molar-refractivity contribution < 1.29 is 14.3 Å². The molecule has 2 aliphatic heterocycles. The predicted molar refractivity (Wildman–Crippen MR) is 134 cm³/mol. The van der Waals surface area contributed by atoms with Gasteiger partial charge < -0.3 is 19.4 Å². The lowest BCUT2D eigenvalue weighted by molar-refractivity contribution is 0.0835. The second-order valence-electron chi connectivity index (χ2n) is 8.92. The van der Waals surface area contributed by atoms with Crippen molar-refractivity contribution in [3.8, 4) is 5.88 Å². The summed E-state index contributed by atoms with van der Waals surface area (Å²) in [6.07, 6.45) is 5.81. The highest BCUT2D eigenvalue weighted by molar-refractivity contribution is 6.09. The first-order valence-electron chi connectivity index (χ1n) is 11.5. The average Bonchev–Trinajstić information content (AvgIpc) is 3.49. The first-order chi connectivity index (χ1) is 16.5. The lowest BCUT2D eigenvalue weighted by Gasteiger charge is -2.22. The van der Waals surface area contributed by atoms with Crippen molar-refractivity contribution in [2.75, 3.05) is 31.8 Å². The monoisotopic (exact) mass is 475 g/mol. The number of fused-ring (bicyclic) bond motifs is 4. The van der Waals surface area contributed by atoms with E-state index in [1.54, 1.807) is 30.5 Å². The molecule has 5 heterocycles. The van der Waals surface area contributed by atoms with Gasteiger partial charge in [-0.3, -0.25) is 14.0 Å². The summed E-state index contributed by atoms with van der Waals surface area (Å²) >= 11 is 0. The average molecular weight is 476 g/mol. The van der Waals surface area contributed by atoms with Gasteiger partial charge in [0.15, 0.2) is 0 Å². The fourth-order valence-electron chi connectivity index (χ4n) is 5.15. The minimum absolute atomic E-state index is 0. The highest BCUT2D eigenvalue weighted by Crippen LogP contribution is 2.33. The number of hydrogen-bond donors (Lipinski definition) is 1. The molecule has 0 saturated carbocycles. The number of aryl methyl sites for hydroxylation is 1. The van der Waals surface area contributed by atoms with Gasteiger partial charge in [-0.1, -0.05) is 7.43 Å². The van der Waals surface area contributed by atoms with Gasteiger partial charge in [0.05, 0.1) is 36.2 Å². The maximum Gasteiger partial charge on any atom is 0.274 e. The number of imidazole rings is 1. The lowest BCUT2D eigenvalue weighted by atomic mass is 9.99. The summed E-state index contributed by atoms with van der Waals surface area (Å²) in [4.78, 5) is 40.1. The topological polar surface area (TPSA) is 102 Å². The van der Waals surface area contributed by atoms with Gasteiger partial charge in [0.25, 0.3) is 11.5 Å². The summed E-state index contributed by atoms with van der Waals surface area (Å²) < 4.78 is 12.7. The summed E-state index contributed by atoms with van der Waals surface area (Å²) in [5.74, 6) is 1.54. The molecule has 1 amide bonds. The maximum atomic E-state index is 13.6. The van der Waals surface area contributed by atoms with E-state index in [0.717, 1.165) is 47.4 Å². The van der Waals surface area contributed by atoms with Crippen LogP contribution >= 0.6 is 0 Å². The summed E-state index contributed by atoms with van der Waals surface area (Å²) in [5, 5.41) is 0. The van der Waals surface area contributed by atoms with Crippen molar-refractivity contribution in [2.24, 2.45) is 0 Å². The minimum atomic E-state index is -0.219. The quantitative estimate of drug-likeness (QED) is 0.486. The SMILES string of the molecule is C.COc1cc2c(cn1)N(C(=O)c1cc3[nH]c(=O)c4cnc(C5CCOCC5)n4c3cc1C)CC2. The third kappa shape index (κ3) is 3.67. The fraction of sp³-hybridized carbons (Fsp3) is 0.385. The second-order valence-corrected chi connectivity index (χ2v) is 8.92. The number of pyridine rings is 1. The van der Waals surface area contributed by atoms with E-state index in [0.29, 0.717) is 42.2 Å². The van der Waals surface area contributed by atoms with Gasteiger partial charge in [-0.2, -0.15) is 0 Å². The number of methoxy groups -OCH3 is 1. The van der Waals surface area contributed by atoms with Crippen LogP contribution in [0.25, 0.3) is 16.6 Å². The highest BCUT2D eigenvalue weighted by atomic mass is 16.5. The number of carbonyl (C=O) groups excluding carboxylic acids is 1. The van der Waals surface area contributed by atoms with Crippen LogP contribution in [-0.2, 0) is 11.2 Å². The highest BCUT2D eigenvalue weighted by Gasteiger charge is 2.28. The van der Waals surface area contributed by atoms with Gasteiger partial charge in [-0.25, -0.2) is 9.97 Å². The number of nitrogens with one attached hydrogen (secondary N) is 1. The molecule has 6 rings (SSSR count). The molecule has 1 fully saturated rings. The van der Waals surface area contributed by atoms with Gasteiger partial charge in [0.2, 0.25) is 5.88 Å². The zero-order valence-corrected chi connectivity index (χ0v) is 19.1. The number of nitrogens with zero attached hydrogens (tertiary/aromatic N) is 4. The van der Waals surface area contributed by atoms with Crippen LogP contribution in [0.5, 0.6) is 5.88 Å². The Morgan fingerprint density at radius 2 is 1.94 bits per heavy atom. The predicted octanol–water partition coefficient (Wildman–Crippen LogP) is 3.62. The van der Waals surface area contributed by atoms with Crippen LogP contribution in [-0.4, -0.2) is 52.1 Å². The van der Waals surface area contributed by atoms with Crippen LogP contribution < -0.4 is 15.2 Å².